The van der Waals surface area contributed by atoms with Crippen LogP contribution in [-0.2, 0) is 5.41 Å². The number of aromatic carboxylic acids is 1. The summed E-state index contributed by atoms with van der Waals surface area (Å²) in [6.07, 6.45) is 3.54. The highest BCUT2D eigenvalue weighted by molar-refractivity contribution is 5.96. The van der Waals surface area contributed by atoms with Gasteiger partial charge in [-0.25, -0.2) is 4.79 Å². The molecule has 2 heterocycles. The standard InChI is InChI=1S/C19H22N4O4/c20-11-19(7-8-19)18-21-15(27-22-18)12-5-9-23(10-6-12)16(24)13-1-3-14(4-2-13)17(25)26/h1-4,12H,5-11,20H2,(H,25,26). The first-order valence-corrected chi connectivity index (χ1v) is 9.19. The molecule has 0 unspecified atom stereocenters. The first kappa shape index (κ1) is 17.7. The molecule has 1 aliphatic carbocycles. The molecule has 1 saturated heterocycles. The Balaban J connectivity index is 1.37. The fraction of sp³-hybridized carbons (Fsp3) is 0.474. The molecule has 2 aromatic rings. The van der Waals surface area contributed by atoms with Crippen molar-refractivity contribution in [2.24, 2.45) is 5.73 Å². The minimum Gasteiger partial charge on any atom is -0.478 e. The van der Waals surface area contributed by atoms with Gasteiger partial charge in [-0.15, -0.1) is 0 Å². The van der Waals surface area contributed by atoms with E-state index < -0.39 is 5.97 Å². The molecule has 8 heteroatoms. The zero-order chi connectivity index (χ0) is 19.0. The van der Waals surface area contributed by atoms with Crippen LogP contribution in [0, 0.1) is 0 Å². The number of nitrogens with two attached hydrogens (primary N) is 1. The molecule has 2 fully saturated rings. The van der Waals surface area contributed by atoms with Gasteiger partial charge in [-0.2, -0.15) is 4.98 Å². The van der Waals surface area contributed by atoms with Crippen LogP contribution in [0.5, 0.6) is 0 Å². The van der Waals surface area contributed by atoms with Crippen LogP contribution < -0.4 is 5.73 Å². The van der Waals surface area contributed by atoms with E-state index in [1.165, 1.54) is 12.1 Å². The van der Waals surface area contributed by atoms with E-state index in [0.29, 0.717) is 31.1 Å². The van der Waals surface area contributed by atoms with Gasteiger partial charge in [0, 0.05) is 36.5 Å². The number of benzene rings is 1. The Kier molecular flexibility index (Phi) is 4.43. The maximum atomic E-state index is 12.6. The third-order valence-corrected chi connectivity index (χ3v) is 5.67. The van der Waals surface area contributed by atoms with Crippen molar-refractivity contribution in [3.05, 3.63) is 47.1 Å². The number of piperidine rings is 1. The fourth-order valence-electron chi connectivity index (χ4n) is 3.55. The summed E-state index contributed by atoms with van der Waals surface area (Å²) in [7, 11) is 0. The molecule has 0 spiro atoms. The zero-order valence-electron chi connectivity index (χ0n) is 14.9. The van der Waals surface area contributed by atoms with E-state index in [1.807, 2.05) is 0 Å². The van der Waals surface area contributed by atoms with Crippen LogP contribution in [0.25, 0.3) is 0 Å². The van der Waals surface area contributed by atoms with E-state index in [2.05, 4.69) is 10.1 Å². The second-order valence-electron chi connectivity index (χ2n) is 7.39. The lowest BCUT2D eigenvalue weighted by atomic mass is 9.96. The van der Waals surface area contributed by atoms with Gasteiger partial charge in [-0.3, -0.25) is 4.79 Å². The topological polar surface area (TPSA) is 123 Å². The minimum atomic E-state index is -1.00. The molecule has 0 radical (unpaired) electrons. The highest BCUT2D eigenvalue weighted by Gasteiger charge is 2.47. The molecule has 3 N–H and O–H groups in total. The second-order valence-corrected chi connectivity index (χ2v) is 7.39. The average molecular weight is 370 g/mol. The number of carboxylic acids is 1. The van der Waals surface area contributed by atoms with Gasteiger partial charge in [0.25, 0.3) is 5.91 Å². The summed E-state index contributed by atoms with van der Waals surface area (Å²) in [6, 6.07) is 6.02. The second kappa shape index (κ2) is 6.77. The van der Waals surface area contributed by atoms with Gasteiger partial charge in [0.15, 0.2) is 5.82 Å². The van der Waals surface area contributed by atoms with E-state index in [-0.39, 0.29) is 22.8 Å². The molecule has 1 aliphatic heterocycles. The molecule has 1 aromatic carbocycles. The molecule has 142 valence electrons. The van der Waals surface area contributed by atoms with Gasteiger partial charge in [-0.05, 0) is 49.9 Å². The normalized spacial score (nSPS) is 19.1. The monoisotopic (exact) mass is 370 g/mol. The van der Waals surface area contributed by atoms with Crippen molar-refractivity contribution in [1.82, 2.24) is 15.0 Å². The molecule has 27 heavy (non-hydrogen) atoms. The number of carboxylic acid groups (broad SMARTS) is 1. The highest BCUT2D eigenvalue weighted by atomic mass is 16.5. The van der Waals surface area contributed by atoms with Crippen LogP contribution in [0.2, 0.25) is 0 Å². The van der Waals surface area contributed by atoms with Crippen LogP contribution in [0.3, 0.4) is 0 Å². The fourth-order valence-corrected chi connectivity index (χ4v) is 3.55. The van der Waals surface area contributed by atoms with Crippen molar-refractivity contribution < 1.29 is 19.2 Å². The summed E-state index contributed by atoms with van der Waals surface area (Å²) in [5.74, 6) is 0.422. The Morgan fingerprint density at radius 2 is 1.81 bits per heavy atom. The van der Waals surface area contributed by atoms with Crippen LogP contribution in [-0.4, -0.2) is 51.7 Å². The van der Waals surface area contributed by atoms with Gasteiger partial charge in [0.2, 0.25) is 5.89 Å². The van der Waals surface area contributed by atoms with Crippen molar-refractivity contribution in [3.63, 3.8) is 0 Å². The van der Waals surface area contributed by atoms with Crippen LogP contribution >= 0.6 is 0 Å². The number of hydrogen-bond acceptors (Lipinski definition) is 6. The number of aromatic nitrogens is 2. The van der Waals surface area contributed by atoms with E-state index in [9.17, 15) is 9.59 Å². The smallest absolute Gasteiger partial charge is 0.335 e. The van der Waals surface area contributed by atoms with Crippen molar-refractivity contribution >= 4 is 11.9 Å². The summed E-state index contributed by atoms with van der Waals surface area (Å²) in [4.78, 5) is 29.9. The lowest BCUT2D eigenvalue weighted by Crippen LogP contribution is -2.38. The first-order chi connectivity index (χ1) is 13.0. The minimum absolute atomic E-state index is 0.0828. The molecule has 0 bridgehead atoms. The maximum absolute atomic E-state index is 12.6. The Hall–Kier alpha value is -2.74. The number of carbonyl (C=O) groups excluding carboxylic acids is 1. The number of rotatable bonds is 5. The quantitative estimate of drug-likeness (QED) is 0.822. The number of hydrogen-bond donors (Lipinski definition) is 2. The molecular weight excluding hydrogens is 348 g/mol. The first-order valence-electron chi connectivity index (χ1n) is 9.19. The molecule has 8 nitrogen and oxygen atoms in total. The summed E-state index contributed by atoms with van der Waals surface area (Å²) in [6.45, 7) is 1.74. The SMILES string of the molecule is NCC1(c2noc(C3CCN(C(=O)c4ccc(C(=O)O)cc4)CC3)n2)CC1. The Labute approximate surface area is 156 Å². The summed E-state index contributed by atoms with van der Waals surface area (Å²) >= 11 is 0. The van der Waals surface area contributed by atoms with Crippen molar-refractivity contribution in [2.75, 3.05) is 19.6 Å². The lowest BCUT2D eigenvalue weighted by Gasteiger charge is -2.30. The predicted octanol–water partition coefficient (Wildman–Crippen LogP) is 1.78. The average Bonchev–Trinajstić information content (AvgIpc) is 3.35. The van der Waals surface area contributed by atoms with Gasteiger partial charge in [0.1, 0.15) is 0 Å². The molecular formula is C19H22N4O4. The van der Waals surface area contributed by atoms with Crippen LogP contribution in [0.1, 0.15) is 64.0 Å². The van der Waals surface area contributed by atoms with E-state index >= 15 is 0 Å². The molecule has 0 atom stereocenters. The van der Waals surface area contributed by atoms with Gasteiger partial charge in [0.05, 0.1) is 5.56 Å². The van der Waals surface area contributed by atoms with E-state index in [4.69, 9.17) is 15.4 Å². The summed E-state index contributed by atoms with van der Waals surface area (Å²) < 4.78 is 5.47. The van der Waals surface area contributed by atoms with Crippen LogP contribution in [0.15, 0.2) is 28.8 Å². The van der Waals surface area contributed by atoms with Crippen molar-refractivity contribution in [3.8, 4) is 0 Å². The summed E-state index contributed by atoms with van der Waals surface area (Å²) in [5, 5.41) is 13.1. The Bertz CT molecular complexity index is 849. The molecule has 4 rings (SSSR count). The molecule has 1 aromatic heterocycles. The van der Waals surface area contributed by atoms with Crippen LogP contribution in [0.4, 0.5) is 0 Å². The Morgan fingerprint density at radius 3 is 2.37 bits per heavy atom. The number of amides is 1. The highest BCUT2D eigenvalue weighted by Crippen LogP contribution is 2.46. The van der Waals surface area contributed by atoms with Gasteiger partial charge >= 0.3 is 5.97 Å². The van der Waals surface area contributed by atoms with Gasteiger partial charge < -0.3 is 20.3 Å². The number of carbonyl (C=O) groups is 2. The molecule has 1 saturated carbocycles. The van der Waals surface area contributed by atoms with E-state index in [0.717, 1.165) is 31.5 Å². The molecule has 1 amide bonds. The number of nitrogens with zero attached hydrogens (tertiary/aromatic N) is 3. The third kappa shape index (κ3) is 3.32. The zero-order valence-corrected chi connectivity index (χ0v) is 14.9. The largest absolute Gasteiger partial charge is 0.478 e. The maximum Gasteiger partial charge on any atom is 0.335 e. The van der Waals surface area contributed by atoms with Gasteiger partial charge in [-0.1, -0.05) is 5.16 Å². The Morgan fingerprint density at radius 1 is 1.19 bits per heavy atom. The number of likely N-dealkylation sites (tertiary alicyclic amines) is 1. The van der Waals surface area contributed by atoms with E-state index in [1.54, 1.807) is 17.0 Å². The van der Waals surface area contributed by atoms with Crippen molar-refractivity contribution in [1.29, 1.82) is 0 Å². The summed E-state index contributed by atoms with van der Waals surface area (Å²) in [5.41, 5.74) is 6.41. The predicted molar refractivity (Wildman–Crippen MR) is 95.5 cm³/mol. The van der Waals surface area contributed by atoms with Crippen molar-refractivity contribution in [2.45, 2.75) is 37.0 Å². The molecule has 2 aliphatic rings. The lowest BCUT2D eigenvalue weighted by molar-refractivity contribution is 0.0687. The third-order valence-electron chi connectivity index (χ3n) is 5.67.